The third-order valence-electron chi connectivity index (χ3n) is 0.614. The molecule has 0 unspecified atom stereocenters. The minimum Gasteiger partial charge on any atom is -0.265 e. The summed E-state index contributed by atoms with van der Waals surface area (Å²) in [4.78, 5) is 3.78. The van der Waals surface area contributed by atoms with Gasteiger partial charge in [-0.15, -0.1) is 0 Å². The maximum atomic E-state index is 4.87. The van der Waals surface area contributed by atoms with E-state index in [1.54, 1.807) is 12.4 Å². The van der Waals surface area contributed by atoms with Crippen LogP contribution in [0.15, 0.2) is 41.7 Å². The summed E-state index contributed by atoms with van der Waals surface area (Å²) >= 11 is 9.75. The number of aromatic nitrogens is 1. The maximum absolute atomic E-state index is 4.87. The summed E-state index contributed by atoms with van der Waals surface area (Å²) in [6, 6.07) is 5.72. The second kappa shape index (κ2) is 12.8. The van der Waals surface area contributed by atoms with Crippen molar-refractivity contribution in [3.05, 3.63) is 41.7 Å². The zero-order valence-electron chi connectivity index (χ0n) is 5.56. The van der Waals surface area contributed by atoms with Crippen molar-refractivity contribution in [3.63, 3.8) is 0 Å². The summed E-state index contributed by atoms with van der Waals surface area (Å²) < 4.78 is 0. The quantitative estimate of drug-likeness (QED) is 0.684. The molecule has 0 N–H and O–H groups in total. The van der Waals surface area contributed by atoms with Gasteiger partial charge in [0, 0.05) is 44.5 Å². The second-order valence-electron chi connectivity index (χ2n) is 1.28. The van der Waals surface area contributed by atoms with Gasteiger partial charge in [0.1, 0.15) is 0 Å². The Morgan fingerprint density at radius 2 is 1.36 bits per heavy atom. The summed E-state index contributed by atoms with van der Waals surface area (Å²) in [5, 5.41) is 0. The van der Waals surface area contributed by atoms with Crippen molar-refractivity contribution in [3.8, 4) is 0 Å². The van der Waals surface area contributed by atoms with Gasteiger partial charge in [-0.3, -0.25) is 4.98 Å². The first-order valence-corrected chi connectivity index (χ1v) is 3.49. The van der Waals surface area contributed by atoms with Crippen molar-refractivity contribution in [2.75, 3.05) is 0 Å². The molecule has 0 saturated heterocycles. The Bertz CT molecular complexity index is 137. The molecule has 0 aliphatic rings. The van der Waals surface area contributed by atoms with Gasteiger partial charge in [0.05, 0.1) is 0 Å². The van der Waals surface area contributed by atoms with Crippen molar-refractivity contribution < 1.29 is 21.1 Å². The van der Waals surface area contributed by atoms with Gasteiger partial charge in [0.2, 0.25) is 0 Å². The number of halogens is 2. The third-order valence-corrected chi connectivity index (χ3v) is 0.995. The predicted molar refractivity (Wildman–Crippen MR) is 45.1 cm³/mol. The first-order chi connectivity index (χ1) is 4.91. The van der Waals surface area contributed by atoms with Gasteiger partial charge in [0.25, 0.3) is 0 Å². The van der Waals surface area contributed by atoms with E-state index in [-0.39, 0.29) is 21.1 Å². The minimum absolute atomic E-state index is 0. The van der Waals surface area contributed by atoms with E-state index in [0.29, 0.717) is 0 Å². The van der Waals surface area contributed by atoms with E-state index in [9.17, 15) is 0 Å². The molecule has 0 bridgehead atoms. The Morgan fingerprint density at radius 3 is 1.45 bits per heavy atom. The molecule has 0 atom stereocenters. The summed E-state index contributed by atoms with van der Waals surface area (Å²) in [6.45, 7) is 0. The van der Waals surface area contributed by atoms with Crippen LogP contribution in [0.2, 0.25) is 0 Å². The summed E-state index contributed by atoms with van der Waals surface area (Å²) in [5.41, 5.74) is 2.48. The van der Waals surface area contributed by atoms with Gasteiger partial charge in [-0.05, 0) is 12.1 Å². The number of rotatable bonds is 0. The third kappa shape index (κ3) is 13.2. The summed E-state index contributed by atoms with van der Waals surface area (Å²) in [5.74, 6) is 0. The van der Waals surface area contributed by atoms with Crippen molar-refractivity contribution in [2.24, 2.45) is 0 Å². The van der Waals surface area contributed by atoms with Crippen molar-refractivity contribution >= 4 is 23.2 Å². The van der Waals surface area contributed by atoms with Gasteiger partial charge in [-0.25, -0.2) is 0 Å². The molecule has 11 heavy (non-hydrogen) atoms. The zero-order chi connectivity index (χ0) is 7.66. The summed E-state index contributed by atoms with van der Waals surface area (Å²) in [6.07, 6.45) is 3.50. The monoisotopic (exact) mass is 370 g/mol. The Kier molecular flexibility index (Phi) is 16.0. The van der Waals surface area contributed by atoms with Crippen LogP contribution in [0, 0.1) is 0 Å². The molecule has 0 saturated carbocycles. The SMILES string of the molecule is ClC=CCl.[Pt].c1ccncc1. The van der Waals surface area contributed by atoms with Crippen LogP contribution < -0.4 is 0 Å². The average molecular weight is 371 g/mol. The topological polar surface area (TPSA) is 12.9 Å². The van der Waals surface area contributed by atoms with Crippen molar-refractivity contribution in [2.45, 2.75) is 0 Å². The molecule has 0 amide bonds. The molecule has 1 heterocycles. The number of hydrogen-bond acceptors (Lipinski definition) is 1. The smallest absolute Gasteiger partial charge is 0.0267 e. The van der Waals surface area contributed by atoms with Gasteiger partial charge >= 0.3 is 0 Å². The van der Waals surface area contributed by atoms with E-state index < -0.39 is 0 Å². The molecule has 0 radical (unpaired) electrons. The molecular formula is C7H7Cl2NPt. The molecule has 0 spiro atoms. The number of pyridine rings is 1. The second-order valence-corrected chi connectivity index (χ2v) is 1.78. The normalized spacial score (nSPS) is 7.82. The molecule has 0 aliphatic carbocycles. The van der Waals surface area contributed by atoms with Crippen LogP contribution >= 0.6 is 23.2 Å². The Hall–Kier alpha value is 0.158. The molecular weight excluding hydrogens is 364 g/mol. The first-order valence-electron chi connectivity index (χ1n) is 2.62. The van der Waals surface area contributed by atoms with Crippen molar-refractivity contribution in [1.82, 2.24) is 4.98 Å². The number of nitrogens with zero attached hydrogens (tertiary/aromatic N) is 1. The van der Waals surface area contributed by atoms with Crippen LogP contribution in [0.3, 0.4) is 0 Å². The van der Waals surface area contributed by atoms with E-state index in [1.165, 1.54) is 11.1 Å². The largest absolute Gasteiger partial charge is 0.265 e. The average Bonchev–Trinajstić information content (AvgIpc) is 2.08. The fourth-order valence-corrected chi connectivity index (χ4v) is 0.313. The Labute approximate surface area is 90.7 Å². The Morgan fingerprint density at radius 1 is 0.909 bits per heavy atom. The van der Waals surface area contributed by atoms with E-state index in [0.717, 1.165) is 0 Å². The molecule has 1 aromatic heterocycles. The van der Waals surface area contributed by atoms with E-state index >= 15 is 0 Å². The van der Waals surface area contributed by atoms with Gasteiger partial charge in [-0.1, -0.05) is 29.3 Å². The van der Waals surface area contributed by atoms with Crippen LogP contribution in [0.5, 0.6) is 0 Å². The van der Waals surface area contributed by atoms with Crippen LogP contribution in [-0.4, -0.2) is 4.98 Å². The van der Waals surface area contributed by atoms with Crippen LogP contribution in [-0.2, 0) is 21.1 Å². The molecule has 4 heteroatoms. The van der Waals surface area contributed by atoms with Gasteiger partial charge < -0.3 is 0 Å². The van der Waals surface area contributed by atoms with E-state index in [4.69, 9.17) is 23.2 Å². The molecule has 1 nitrogen and oxygen atoms in total. The van der Waals surface area contributed by atoms with Crippen molar-refractivity contribution in [1.29, 1.82) is 0 Å². The fraction of sp³-hybridized carbons (Fsp3) is 0. The predicted octanol–water partition coefficient (Wildman–Crippen LogP) is 3.01. The molecule has 1 rings (SSSR count). The molecule has 0 fully saturated rings. The van der Waals surface area contributed by atoms with E-state index in [2.05, 4.69) is 4.98 Å². The molecule has 1 aromatic rings. The van der Waals surface area contributed by atoms with Crippen LogP contribution in [0.1, 0.15) is 0 Å². The summed E-state index contributed by atoms with van der Waals surface area (Å²) in [7, 11) is 0. The zero-order valence-corrected chi connectivity index (χ0v) is 9.34. The van der Waals surface area contributed by atoms with E-state index in [1.807, 2.05) is 18.2 Å². The number of hydrogen-bond donors (Lipinski definition) is 0. The van der Waals surface area contributed by atoms with Crippen LogP contribution in [0.25, 0.3) is 0 Å². The molecule has 64 valence electrons. The maximum Gasteiger partial charge on any atom is 0.0267 e. The molecule has 0 aliphatic heterocycles. The Balaban J connectivity index is 0. The fourth-order valence-electron chi connectivity index (χ4n) is 0.313. The first kappa shape index (κ1) is 13.7. The minimum atomic E-state index is 0. The molecule has 0 aromatic carbocycles. The standard InChI is InChI=1S/C5H5N.C2H2Cl2.Pt/c1-2-4-6-5-3-1;3-1-2-4;/h1-5H;1-2H;. The van der Waals surface area contributed by atoms with Gasteiger partial charge in [0.15, 0.2) is 0 Å². The van der Waals surface area contributed by atoms with Crippen LogP contribution in [0.4, 0.5) is 0 Å². The van der Waals surface area contributed by atoms with Gasteiger partial charge in [-0.2, -0.15) is 0 Å².